The molecule has 0 atom stereocenters. The maximum atomic E-state index is 12.6. The number of terminal acetylenes is 1. The van der Waals surface area contributed by atoms with Crippen LogP contribution in [-0.2, 0) is 0 Å². The van der Waals surface area contributed by atoms with Gasteiger partial charge in [0.1, 0.15) is 0 Å². The zero-order valence-electron chi connectivity index (χ0n) is 13.8. The minimum atomic E-state index is -0.819. The van der Waals surface area contributed by atoms with Crippen LogP contribution in [0, 0.1) is 27.8 Å². The lowest BCUT2D eigenvalue weighted by Crippen LogP contribution is -2.20. The van der Waals surface area contributed by atoms with Gasteiger partial charge in [0.25, 0.3) is 0 Å². The van der Waals surface area contributed by atoms with Gasteiger partial charge in [0, 0.05) is 32.4 Å². The first-order chi connectivity index (χ1) is 13.0. The molecule has 0 fully saturated rings. The number of halogens is 1. The molecule has 0 unspecified atom stereocenters. The van der Waals surface area contributed by atoms with Crippen LogP contribution in [0.5, 0.6) is 11.8 Å². The van der Waals surface area contributed by atoms with E-state index >= 15 is 0 Å². The summed E-state index contributed by atoms with van der Waals surface area (Å²) < 4.78 is 1.70. The summed E-state index contributed by atoms with van der Waals surface area (Å²) in [6, 6.07) is 14.8. The molecule has 2 N–H and O–H groups in total. The molecular weight excluding hydrogens is 457 g/mol. The maximum Gasteiger partial charge on any atom is 0.365 e. The van der Waals surface area contributed by atoms with Crippen LogP contribution in [0.1, 0.15) is 27.0 Å². The van der Waals surface area contributed by atoms with E-state index in [1.807, 2.05) is 24.3 Å². The van der Waals surface area contributed by atoms with Crippen molar-refractivity contribution < 1.29 is 19.8 Å². The van der Waals surface area contributed by atoms with Crippen LogP contribution in [0.2, 0.25) is 0 Å². The van der Waals surface area contributed by atoms with Crippen molar-refractivity contribution in [3.8, 4) is 35.9 Å². The highest BCUT2D eigenvalue weighted by Gasteiger charge is 2.17. The second-order valence-corrected chi connectivity index (χ2v) is 6.63. The van der Waals surface area contributed by atoms with Crippen molar-refractivity contribution in [3.05, 3.63) is 80.4 Å². The number of carbonyl (C=O) groups excluding carboxylic acids is 1. The van der Waals surface area contributed by atoms with E-state index < -0.39 is 17.7 Å². The molecule has 27 heavy (non-hydrogen) atoms. The third-order valence-electron chi connectivity index (χ3n) is 3.56. The smallest absolute Gasteiger partial charge is 0.365 e. The number of hydrogen-bond acceptors (Lipinski definition) is 4. The average Bonchev–Trinajstić information content (AvgIpc) is 2.99. The second kappa shape index (κ2) is 7.90. The van der Waals surface area contributed by atoms with Gasteiger partial charge in [0.2, 0.25) is 11.8 Å². The second-order valence-electron chi connectivity index (χ2n) is 5.38. The number of aromatic hydroxyl groups is 2. The molecule has 0 aliphatic carbocycles. The van der Waals surface area contributed by atoms with Gasteiger partial charge < -0.3 is 15.1 Å². The summed E-state index contributed by atoms with van der Waals surface area (Å²) in [7, 11) is 0. The van der Waals surface area contributed by atoms with E-state index in [2.05, 4.69) is 40.4 Å². The van der Waals surface area contributed by atoms with E-state index in [9.17, 15) is 15.0 Å². The fourth-order valence-electron chi connectivity index (χ4n) is 2.21. The van der Waals surface area contributed by atoms with Crippen molar-refractivity contribution in [3.63, 3.8) is 0 Å². The van der Waals surface area contributed by atoms with Crippen molar-refractivity contribution in [1.29, 1.82) is 0 Å². The van der Waals surface area contributed by atoms with Crippen LogP contribution in [0.25, 0.3) is 0 Å². The van der Waals surface area contributed by atoms with Crippen molar-refractivity contribution in [2.24, 2.45) is 0 Å². The molecule has 6 heteroatoms. The fourth-order valence-corrected chi connectivity index (χ4v) is 2.57. The van der Waals surface area contributed by atoms with Gasteiger partial charge in [-0.25, -0.2) is 4.79 Å². The average molecular weight is 469 g/mol. The molecule has 0 aliphatic heterocycles. The SMILES string of the molecule is C#Cc1ccc(C#Cc2ccc(I)cc2)c(C(=O)On2c(O)ccc2O)c1. The Morgan fingerprint density at radius 1 is 0.963 bits per heavy atom. The molecule has 0 radical (unpaired) electrons. The highest BCUT2D eigenvalue weighted by Crippen LogP contribution is 2.20. The predicted octanol–water partition coefficient (Wildman–Crippen LogP) is 3.15. The third-order valence-corrected chi connectivity index (χ3v) is 4.28. The number of carbonyl (C=O) groups is 1. The molecule has 0 aliphatic rings. The van der Waals surface area contributed by atoms with Gasteiger partial charge >= 0.3 is 5.97 Å². The normalized spacial score (nSPS) is 9.78. The number of aromatic nitrogens is 1. The molecule has 0 saturated heterocycles. The first-order valence-electron chi connectivity index (χ1n) is 7.68. The van der Waals surface area contributed by atoms with Gasteiger partial charge in [0.15, 0.2) is 0 Å². The molecule has 5 nitrogen and oxygen atoms in total. The quantitative estimate of drug-likeness (QED) is 0.447. The summed E-state index contributed by atoms with van der Waals surface area (Å²) in [6.07, 6.45) is 5.41. The van der Waals surface area contributed by atoms with E-state index in [4.69, 9.17) is 11.3 Å². The Bertz CT molecular complexity index is 1090. The predicted molar refractivity (Wildman–Crippen MR) is 108 cm³/mol. The number of benzene rings is 2. The van der Waals surface area contributed by atoms with Gasteiger partial charge in [-0.1, -0.05) is 17.8 Å². The summed E-state index contributed by atoms with van der Waals surface area (Å²) in [6.45, 7) is 0. The first-order valence-corrected chi connectivity index (χ1v) is 8.76. The Labute approximate surface area is 169 Å². The van der Waals surface area contributed by atoms with Gasteiger partial charge in [-0.15, -0.1) is 11.2 Å². The summed E-state index contributed by atoms with van der Waals surface area (Å²) in [5.74, 6) is 6.72. The lowest BCUT2D eigenvalue weighted by atomic mass is 10.0. The zero-order chi connectivity index (χ0) is 19.4. The minimum absolute atomic E-state index is 0.121. The van der Waals surface area contributed by atoms with Crippen LogP contribution in [-0.4, -0.2) is 20.9 Å². The largest absolute Gasteiger partial charge is 0.492 e. The first kappa shape index (κ1) is 18.4. The third kappa shape index (κ3) is 4.25. The van der Waals surface area contributed by atoms with Crippen molar-refractivity contribution in [1.82, 2.24) is 4.73 Å². The summed E-state index contributed by atoms with van der Waals surface area (Å²) >= 11 is 2.20. The van der Waals surface area contributed by atoms with Crippen LogP contribution in [0.4, 0.5) is 0 Å². The van der Waals surface area contributed by atoms with Crippen LogP contribution in [0.15, 0.2) is 54.6 Å². The Balaban J connectivity index is 1.97. The Morgan fingerprint density at radius 3 is 2.22 bits per heavy atom. The monoisotopic (exact) mass is 469 g/mol. The summed E-state index contributed by atoms with van der Waals surface area (Å²) in [5, 5.41) is 19.3. The summed E-state index contributed by atoms with van der Waals surface area (Å²) in [5.41, 5.74) is 1.79. The summed E-state index contributed by atoms with van der Waals surface area (Å²) in [4.78, 5) is 17.6. The van der Waals surface area contributed by atoms with E-state index in [1.54, 1.807) is 12.1 Å². The van der Waals surface area contributed by atoms with Gasteiger partial charge in [-0.2, -0.15) is 0 Å². The number of rotatable bonds is 2. The highest BCUT2D eigenvalue weighted by molar-refractivity contribution is 14.1. The van der Waals surface area contributed by atoms with Crippen LogP contribution in [0.3, 0.4) is 0 Å². The molecule has 0 spiro atoms. The topological polar surface area (TPSA) is 71.7 Å². The molecule has 3 rings (SSSR count). The Morgan fingerprint density at radius 2 is 1.59 bits per heavy atom. The molecule has 0 saturated carbocycles. The van der Waals surface area contributed by atoms with E-state index in [0.29, 0.717) is 15.9 Å². The standard InChI is InChI=1S/C21H12INO4/c1-2-14-3-7-16(8-4-15-5-9-17(22)10-6-15)18(13-14)21(26)27-23-19(24)11-12-20(23)25/h1,3,5-7,9-13,24-25H. The minimum Gasteiger partial charge on any atom is -0.492 e. The Hall–Kier alpha value is -3.36. The Kier molecular flexibility index (Phi) is 5.39. The zero-order valence-corrected chi connectivity index (χ0v) is 16.0. The van der Waals surface area contributed by atoms with Crippen LogP contribution >= 0.6 is 22.6 Å². The molecule has 1 heterocycles. The van der Waals surface area contributed by atoms with Crippen LogP contribution < -0.4 is 4.84 Å². The number of hydrogen-bond donors (Lipinski definition) is 2. The molecule has 0 amide bonds. The van der Waals surface area contributed by atoms with Gasteiger partial charge in [-0.3, -0.25) is 0 Å². The van der Waals surface area contributed by atoms with Gasteiger partial charge in [0.05, 0.1) is 5.56 Å². The lowest BCUT2D eigenvalue weighted by Gasteiger charge is -2.08. The van der Waals surface area contributed by atoms with Gasteiger partial charge in [-0.05, 0) is 65.1 Å². The molecule has 132 valence electrons. The van der Waals surface area contributed by atoms with Crippen molar-refractivity contribution in [2.75, 3.05) is 0 Å². The van der Waals surface area contributed by atoms with E-state index in [-0.39, 0.29) is 5.56 Å². The number of nitrogens with zero attached hydrogens (tertiary/aromatic N) is 1. The lowest BCUT2D eigenvalue weighted by molar-refractivity contribution is 0.0381. The fraction of sp³-hybridized carbons (Fsp3) is 0. The molecule has 3 aromatic rings. The van der Waals surface area contributed by atoms with Crippen molar-refractivity contribution in [2.45, 2.75) is 0 Å². The molecule has 2 aromatic carbocycles. The molecule has 0 bridgehead atoms. The highest BCUT2D eigenvalue weighted by atomic mass is 127. The molecular formula is C21H12INO4. The maximum absolute atomic E-state index is 12.6. The van der Waals surface area contributed by atoms with Crippen molar-refractivity contribution >= 4 is 28.6 Å². The molecule has 1 aromatic heterocycles. The van der Waals surface area contributed by atoms with E-state index in [1.165, 1.54) is 18.2 Å². The van der Waals surface area contributed by atoms with E-state index in [0.717, 1.165) is 9.13 Å².